The van der Waals surface area contributed by atoms with E-state index in [1.165, 1.54) is 12.5 Å². The zero-order valence-corrected chi connectivity index (χ0v) is 17.0. The Bertz CT molecular complexity index is 803. The fourth-order valence-electron chi connectivity index (χ4n) is 2.78. The summed E-state index contributed by atoms with van der Waals surface area (Å²) >= 11 is 0. The molecule has 0 heterocycles. The summed E-state index contributed by atoms with van der Waals surface area (Å²) in [7, 11) is 3.17. The summed E-state index contributed by atoms with van der Waals surface area (Å²) in [5.41, 5.74) is 3.20. The van der Waals surface area contributed by atoms with Gasteiger partial charge in [-0.25, -0.2) is 0 Å². The Labute approximate surface area is 166 Å². The summed E-state index contributed by atoms with van der Waals surface area (Å²) in [6.45, 7) is 4.42. The van der Waals surface area contributed by atoms with Gasteiger partial charge in [0.2, 0.25) is 11.8 Å². The highest BCUT2D eigenvalue weighted by molar-refractivity contribution is 5.83. The summed E-state index contributed by atoms with van der Waals surface area (Å²) in [5.74, 6) is 0.990. The number of methoxy groups -OCH3 is 2. The van der Waals surface area contributed by atoms with Crippen molar-refractivity contribution in [3.63, 3.8) is 0 Å². The van der Waals surface area contributed by atoms with E-state index in [1.807, 2.05) is 49.4 Å². The molecule has 0 radical (unpaired) electrons. The highest BCUT2D eigenvalue weighted by Crippen LogP contribution is 2.27. The Hall–Kier alpha value is -3.02. The summed E-state index contributed by atoms with van der Waals surface area (Å²) in [5, 5.41) is 2.87. The predicted octanol–water partition coefficient (Wildman–Crippen LogP) is 2.72. The van der Waals surface area contributed by atoms with Crippen LogP contribution < -0.4 is 14.8 Å². The molecule has 0 unspecified atom stereocenters. The molecule has 0 saturated carbocycles. The number of nitrogens with one attached hydrogen (secondary N) is 1. The van der Waals surface area contributed by atoms with Crippen LogP contribution in [0.2, 0.25) is 0 Å². The van der Waals surface area contributed by atoms with Crippen LogP contribution >= 0.6 is 0 Å². The molecule has 0 aromatic heterocycles. The monoisotopic (exact) mass is 384 g/mol. The van der Waals surface area contributed by atoms with Gasteiger partial charge in [-0.05, 0) is 36.6 Å². The number of nitrogens with zero attached hydrogens (tertiary/aromatic N) is 1. The van der Waals surface area contributed by atoms with Gasteiger partial charge in [0.1, 0.15) is 0 Å². The third kappa shape index (κ3) is 6.30. The van der Waals surface area contributed by atoms with Crippen LogP contribution in [0.25, 0.3) is 0 Å². The number of hydrogen-bond acceptors (Lipinski definition) is 4. The number of aryl methyl sites for hydroxylation is 1. The topological polar surface area (TPSA) is 67.9 Å². The smallest absolute Gasteiger partial charge is 0.239 e. The molecule has 2 aromatic carbocycles. The quantitative estimate of drug-likeness (QED) is 0.722. The molecule has 6 nitrogen and oxygen atoms in total. The molecule has 0 fully saturated rings. The lowest BCUT2D eigenvalue weighted by Gasteiger charge is -2.21. The zero-order valence-electron chi connectivity index (χ0n) is 17.0. The summed E-state index contributed by atoms with van der Waals surface area (Å²) < 4.78 is 10.5. The van der Waals surface area contributed by atoms with Crippen LogP contribution in [0.3, 0.4) is 0 Å². The van der Waals surface area contributed by atoms with Crippen LogP contribution in [0.15, 0.2) is 42.5 Å². The van der Waals surface area contributed by atoms with Gasteiger partial charge in [-0.2, -0.15) is 0 Å². The lowest BCUT2D eigenvalue weighted by molar-refractivity contribution is -0.134. The van der Waals surface area contributed by atoms with Crippen LogP contribution in [-0.2, 0) is 22.6 Å². The average Bonchev–Trinajstić information content (AvgIpc) is 2.70. The molecule has 2 rings (SSSR count). The van der Waals surface area contributed by atoms with Crippen LogP contribution in [0.4, 0.5) is 0 Å². The first-order valence-corrected chi connectivity index (χ1v) is 9.21. The first-order chi connectivity index (χ1) is 13.4. The number of benzene rings is 2. The predicted molar refractivity (Wildman–Crippen MR) is 109 cm³/mol. The van der Waals surface area contributed by atoms with E-state index in [2.05, 4.69) is 5.32 Å². The molecule has 0 saturated heterocycles. The zero-order chi connectivity index (χ0) is 20.5. The second-order valence-electron chi connectivity index (χ2n) is 6.64. The average molecular weight is 384 g/mol. The van der Waals surface area contributed by atoms with Crippen molar-refractivity contribution in [1.29, 1.82) is 0 Å². The van der Waals surface area contributed by atoms with Crippen molar-refractivity contribution in [2.24, 2.45) is 0 Å². The minimum Gasteiger partial charge on any atom is -0.493 e. The second-order valence-corrected chi connectivity index (χ2v) is 6.64. The van der Waals surface area contributed by atoms with E-state index in [1.54, 1.807) is 19.1 Å². The molecule has 2 amide bonds. The summed E-state index contributed by atoms with van der Waals surface area (Å²) in [4.78, 5) is 25.7. The van der Waals surface area contributed by atoms with Gasteiger partial charge in [0.05, 0.1) is 20.8 Å². The maximum absolute atomic E-state index is 12.3. The van der Waals surface area contributed by atoms with Crippen LogP contribution in [0, 0.1) is 6.92 Å². The Morgan fingerprint density at radius 3 is 2.21 bits per heavy atom. The van der Waals surface area contributed by atoms with Crippen molar-refractivity contribution in [3.05, 3.63) is 59.2 Å². The molecule has 0 aliphatic heterocycles. The van der Waals surface area contributed by atoms with E-state index in [4.69, 9.17) is 9.47 Å². The molecule has 0 atom stereocenters. The maximum Gasteiger partial charge on any atom is 0.239 e. The summed E-state index contributed by atoms with van der Waals surface area (Å²) in [6.07, 6.45) is 0.616. The van der Waals surface area contributed by atoms with E-state index in [9.17, 15) is 9.59 Å². The fraction of sp³-hybridized carbons (Fsp3) is 0.364. The number of carbonyl (C=O) groups excluding carboxylic acids is 2. The number of ether oxygens (including phenoxy) is 2. The van der Waals surface area contributed by atoms with Gasteiger partial charge < -0.3 is 19.7 Å². The van der Waals surface area contributed by atoms with Gasteiger partial charge in [-0.3, -0.25) is 9.59 Å². The lowest BCUT2D eigenvalue weighted by Crippen LogP contribution is -2.40. The van der Waals surface area contributed by atoms with Gasteiger partial charge in [0.15, 0.2) is 11.5 Å². The number of hydrogen-bond donors (Lipinski definition) is 1. The van der Waals surface area contributed by atoms with Crippen molar-refractivity contribution in [1.82, 2.24) is 10.2 Å². The second kappa shape index (κ2) is 10.3. The molecule has 0 spiro atoms. The minimum absolute atomic E-state index is 0.0362. The van der Waals surface area contributed by atoms with Gasteiger partial charge in [-0.15, -0.1) is 0 Å². The third-order valence-corrected chi connectivity index (χ3v) is 4.51. The Morgan fingerprint density at radius 1 is 0.964 bits per heavy atom. The largest absolute Gasteiger partial charge is 0.493 e. The van der Waals surface area contributed by atoms with Crippen molar-refractivity contribution in [2.75, 3.05) is 27.3 Å². The first kappa shape index (κ1) is 21.3. The van der Waals surface area contributed by atoms with Crippen LogP contribution in [-0.4, -0.2) is 44.0 Å². The van der Waals surface area contributed by atoms with E-state index >= 15 is 0 Å². The van der Waals surface area contributed by atoms with Crippen molar-refractivity contribution in [2.45, 2.75) is 26.8 Å². The molecular formula is C22H28N2O4. The van der Waals surface area contributed by atoms with Gasteiger partial charge in [-0.1, -0.05) is 35.9 Å². The summed E-state index contributed by atoms with van der Waals surface area (Å²) in [6, 6.07) is 13.6. The third-order valence-electron chi connectivity index (χ3n) is 4.51. The Kier molecular flexibility index (Phi) is 7.87. The maximum atomic E-state index is 12.3. The van der Waals surface area contributed by atoms with Crippen molar-refractivity contribution in [3.8, 4) is 11.5 Å². The lowest BCUT2D eigenvalue weighted by atomic mass is 10.1. The molecule has 150 valence electrons. The Balaban J connectivity index is 1.89. The van der Waals surface area contributed by atoms with E-state index in [0.717, 1.165) is 11.1 Å². The van der Waals surface area contributed by atoms with E-state index < -0.39 is 0 Å². The Morgan fingerprint density at radius 2 is 1.61 bits per heavy atom. The molecule has 6 heteroatoms. The molecule has 0 bridgehead atoms. The van der Waals surface area contributed by atoms with Gasteiger partial charge in [0.25, 0.3) is 0 Å². The molecule has 1 N–H and O–H groups in total. The minimum atomic E-state index is -0.178. The van der Waals surface area contributed by atoms with Gasteiger partial charge in [0, 0.05) is 20.0 Å². The SMILES string of the molecule is COc1ccc(CCN(CC(=O)NCc2ccc(C)cc2)C(C)=O)cc1OC. The molecular weight excluding hydrogens is 356 g/mol. The van der Waals surface area contributed by atoms with E-state index in [-0.39, 0.29) is 18.4 Å². The molecule has 2 aromatic rings. The molecule has 0 aliphatic carbocycles. The fourth-order valence-corrected chi connectivity index (χ4v) is 2.78. The van der Waals surface area contributed by atoms with Crippen molar-refractivity contribution < 1.29 is 19.1 Å². The number of amides is 2. The standard InChI is InChI=1S/C22H28N2O4/c1-16-5-7-19(8-6-16)14-23-22(26)15-24(17(2)25)12-11-18-9-10-20(27-3)21(13-18)28-4/h5-10,13H,11-12,14-15H2,1-4H3,(H,23,26). The number of rotatable bonds is 9. The first-order valence-electron chi connectivity index (χ1n) is 9.21. The van der Waals surface area contributed by atoms with Crippen LogP contribution in [0.1, 0.15) is 23.6 Å². The van der Waals surface area contributed by atoms with Crippen LogP contribution in [0.5, 0.6) is 11.5 Å². The normalized spacial score (nSPS) is 10.3. The van der Waals surface area contributed by atoms with Gasteiger partial charge >= 0.3 is 0 Å². The van der Waals surface area contributed by atoms with Crippen molar-refractivity contribution >= 4 is 11.8 Å². The molecule has 0 aliphatic rings. The highest BCUT2D eigenvalue weighted by atomic mass is 16.5. The molecule has 28 heavy (non-hydrogen) atoms. The highest BCUT2D eigenvalue weighted by Gasteiger charge is 2.14. The number of carbonyl (C=O) groups is 2. The van der Waals surface area contributed by atoms with E-state index in [0.29, 0.717) is 31.0 Å².